The number of halogens is 3. The van der Waals surface area contributed by atoms with Crippen LogP contribution in [0.2, 0.25) is 10.0 Å². The Balaban J connectivity index is 0.00000616. The van der Waals surface area contributed by atoms with E-state index in [2.05, 4.69) is 30.7 Å². The fourth-order valence-corrected chi connectivity index (χ4v) is 4.49. The van der Waals surface area contributed by atoms with Gasteiger partial charge in [-0.3, -0.25) is 25.1 Å². The van der Waals surface area contributed by atoms with Crippen LogP contribution >= 0.6 is 23.2 Å². The van der Waals surface area contributed by atoms with E-state index in [-0.39, 0.29) is 81.6 Å². The van der Waals surface area contributed by atoms with Crippen molar-refractivity contribution in [2.75, 3.05) is 81.8 Å². The number of piperazine rings is 1. The van der Waals surface area contributed by atoms with Gasteiger partial charge >= 0.3 is 12.2 Å². The van der Waals surface area contributed by atoms with Crippen molar-refractivity contribution in [2.45, 2.75) is 0 Å². The Kier molecular flexibility index (Phi) is 12.3. The fourth-order valence-electron chi connectivity index (χ4n) is 4.07. The number of quaternary nitrogens is 1. The summed E-state index contributed by atoms with van der Waals surface area (Å²) in [6.07, 6.45) is -1.57. The number of rotatable bonds is 8. The average Bonchev–Trinajstić information content (AvgIpc) is 2.90. The Morgan fingerprint density at radius 3 is 1.64 bits per heavy atom. The second-order valence-corrected chi connectivity index (χ2v) is 10.3. The molecule has 3 rings (SSSR count). The number of hydrogen-bond donors (Lipinski definition) is 6. The monoisotopic (exact) mass is 648 g/mol. The Morgan fingerprint density at radius 2 is 1.21 bits per heavy atom. The van der Waals surface area contributed by atoms with Crippen LogP contribution in [0.4, 0.5) is 32.3 Å². The number of phenols is 2. The number of nitrogens with zero attached hydrogens (tertiary/aromatic N) is 2. The summed E-state index contributed by atoms with van der Waals surface area (Å²) in [6.45, 7) is 2.42. The lowest BCUT2D eigenvalue weighted by Crippen LogP contribution is -3.00. The van der Waals surface area contributed by atoms with Crippen LogP contribution in [0.3, 0.4) is 0 Å². The zero-order valence-electron chi connectivity index (χ0n) is 22.9. The van der Waals surface area contributed by atoms with E-state index in [1.165, 1.54) is 38.5 Å². The van der Waals surface area contributed by atoms with E-state index in [9.17, 15) is 29.4 Å². The quantitative estimate of drug-likeness (QED) is 0.171. The van der Waals surface area contributed by atoms with Crippen LogP contribution < -0.4 is 33.7 Å². The average molecular weight is 650 g/mol. The summed E-state index contributed by atoms with van der Waals surface area (Å²) in [5.41, 5.74) is 0.428. The third kappa shape index (κ3) is 9.42. The summed E-state index contributed by atoms with van der Waals surface area (Å²) in [5.74, 6) is -1.28. The molecular formula is C25H31Cl3N6O8. The van der Waals surface area contributed by atoms with Crippen molar-refractivity contribution in [1.82, 2.24) is 4.90 Å². The summed E-state index contributed by atoms with van der Waals surface area (Å²) in [6, 6.07) is 5.05. The Morgan fingerprint density at radius 1 is 0.786 bits per heavy atom. The molecule has 1 saturated heterocycles. The largest absolute Gasteiger partial charge is 1.00 e. The standard InChI is InChI=1S/C25H30Cl2N6O8.ClH/c1-33(13-23(37)29-17-11-21(35)19(9-15(17)27)31-25(39)41-3)6-4-32(5-7-33)12-22(36)28-16-10-20(34)18(8-14(16)26)30-24(38)40-2;/h8-11H,4-7,12-13H2,1-3H3,(H5-,28,29,30,31,34,35,36,37,38,39);1H. The molecule has 17 heteroatoms. The molecule has 0 bridgehead atoms. The van der Waals surface area contributed by atoms with E-state index in [0.717, 1.165) is 0 Å². The lowest BCUT2D eigenvalue weighted by Gasteiger charge is -2.41. The van der Waals surface area contributed by atoms with Crippen LogP contribution in [0.5, 0.6) is 11.5 Å². The Bertz CT molecular complexity index is 1340. The molecule has 4 amide bonds. The normalized spacial score (nSPS) is 14.1. The van der Waals surface area contributed by atoms with Gasteiger partial charge in [0, 0.05) is 25.2 Å². The number of ether oxygens (including phenoxy) is 2. The topological polar surface area (TPSA) is 179 Å². The number of carbonyl (C=O) groups excluding carboxylic acids is 4. The highest BCUT2D eigenvalue weighted by atomic mass is 35.5. The molecule has 1 heterocycles. The maximum Gasteiger partial charge on any atom is 0.411 e. The van der Waals surface area contributed by atoms with Gasteiger partial charge in [0.25, 0.3) is 5.91 Å². The van der Waals surface area contributed by atoms with Gasteiger partial charge in [-0.05, 0) is 12.1 Å². The van der Waals surface area contributed by atoms with E-state index in [0.29, 0.717) is 30.7 Å². The molecule has 1 aliphatic heterocycles. The number of anilines is 4. The van der Waals surface area contributed by atoms with Gasteiger partial charge in [-0.25, -0.2) is 9.59 Å². The number of amides is 4. The molecule has 0 unspecified atom stereocenters. The third-order valence-electron chi connectivity index (χ3n) is 6.37. The third-order valence-corrected chi connectivity index (χ3v) is 6.99. The number of phenolic OH excluding ortho intramolecular Hbond substituents is 2. The SMILES string of the molecule is COC(=O)Nc1cc(Cl)c(NC(=O)CN2CC[N+](C)(CC(=O)Nc3cc(O)c(NC(=O)OC)cc3Cl)CC2)cc1O.[Cl-]. The van der Waals surface area contributed by atoms with Crippen LogP contribution in [-0.2, 0) is 19.1 Å². The second kappa shape index (κ2) is 15.0. The van der Waals surface area contributed by atoms with Crippen LogP contribution in [0.1, 0.15) is 0 Å². The minimum absolute atomic E-state index is 0. The zero-order valence-corrected chi connectivity index (χ0v) is 25.2. The molecule has 6 N–H and O–H groups in total. The first-order chi connectivity index (χ1) is 19.3. The van der Waals surface area contributed by atoms with E-state index >= 15 is 0 Å². The van der Waals surface area contributed by atoms with Gasteiger partial charge in [0.05, 0.1) is 73.7 Å². The molecule has 2 aromatic rings. The van der Waals surface area contributed by atoms with Crippen molar-refractivity contribution < 1.29 is 55.8 Å². The molecule has 42 heavy (non-hydrogen) atoms. The van der Waals surface area contributed by atoms with Crippen molar-refractivity contribution >= 4 is 70.0 Å². The Hall–Kier alpha value is -3.69. The predicted molar refractivity (Wildman–Crippen MR) is 153 cm³/mol. The van der Waals surface area contributed by atoms with Gasteiger partial charge < -0.3 is 47.2 Å². The molecule has 0 aliphatic carbocycles. The number of benzene rings is 2. The highest BCUT2D eigenvalue weighted by Gasteiger charge is 2.32. The van der Waals surface area contributed by atoms with Gasteiger partial charge in [-0.1, -0.05) is 23.2 Å². The number of methoxy groups -OCH3 is 2. The number of aromatic hydroxyl groups is 2. The van der Waals surface area contributed by atoms with Crippen molar-refractivity contribution in [1.29, 1.82) is 0 Å². The van der Waals surface area contributed by atoms with E-state index in [4.69, 9.17) is 23.2 Å². The van der Waals surface area contributed by atoms with E-state index in [1.807, 2.05) is 11.9 Å². The first kappa shape index (κ1) is 34.5. The molecule has 0 aromatic heterocycles. The molecule has 0 radical (unpaired) electrons. The molecular weight excluding hydrogens is 619 g/mol. The Labute approximate surface area is 257 Å². The maximum absolute atomic E-state index is 12.8. The zero-order chi connectivity index (χ0) is 30.3. The molecule has 2 aromatic carbocycles. The lowest BCUT2D eigenvalue weighted by molar-refractivity contribution is -0.905. The van der Waals surface area contributed by atoms with Gasteiger partial charge in [-0.15, -0.1) is 0 Å². The summed E-state index contributed by atoms with van der Waals surface area (Å²) in [7, 11) is 4.28. The molecule has 14 nitrogen and oxygen atoms in total. The highest BCUT2D eigenvalue weighted by Crippen LogP contribution is 2.35. The van der Waals surface area contributed by atoms with Crippen LogP contribution in [-0.4, -0.2) is 104 Å². The van der Waals surface area contributed by atoms with Crippen LogP contribution in [0, 0.1) is 0 Å². The lowest BCUT2D eigenvalue weighted by atomic mass is 10.2. The summed E-state index contributed by atoms with van der Waals surface area (Å²) >= 11 is 12.4. The smallest absolute Gasteiger partial charge is 0.411 e. The molecule has 0 spiro atoms. The van der Waals surface area contributed by atoms with Gasteiger partial charge in [-0.2, -0.15) is 0 Å². The van der Waals surface area contributed by atoms with Gasteiger partial charge in [0.15, 0.2) is 6.54 Å². The summed E-state index contributed by atoms with van der Waals surface area (Å²) in [4.78, 5) is 50.1. The highest BCUT2D eigenvalue weighted by molar-refractivity contribution is 6.34. The van der Waals surface area contributed by atoms with Crippen LogP contribution in [0.15, 0.2) is 24.3 Å². The van der Waals surface area contributed by atoms with Crippen LogP contribution in [0.25, 0.3) is 0 Å². The van der Waals surface area contributed by atoms with Crippen molar-refractivity contribution in [3.63, 3.8) is 0 Å². The molecule has 0 saturated carbocycles. The molecule has 0 atom stereocenters. The van der Waals surface area contributed by atoms with E-state index in [1.54, 1.807) is 0 Å². The predicted octanol–water partition coefficient (Wildman–Crippen LogP) is 0.105. The van der Waals surface area contributed by atoms with Crippen molar-refractivity contribution in [3.05, 3.63) is 34.3 Å². The first-order valence-electron chi connectivity index (χ1n) is 12.2. The molecule has 230 valence electrons. The minimum atomic E-state index is -0.784. The summed E-state index contributed by atoms with van der Waals surface area (Å²) < 4.78 is 9.38. The number of likely N-dealkylation sites (N-methyl/N-ethyl adjacent to an activating group) is 1. The second-order valence-electron chi connectivity index (χ2n) is 9.53. The van der Waals surface area contributed by atoms with Crippen molar-refractivity contribution in [3.8, 4) is 11.5 Å². The first-order valence-corrected chi connectivity index (χ1v) is 13.0. The molecule has 1 fully saturated rings. The number of carbonyl (C=O) groups is 4. The summed E-state index contributed by atoms with van der Waals surface area (Å²) in [5, 5.41) is 30.5. The number of nitrogens with one attached hydrogen (secondary N) is 4. The maximum atomic E-state index is 12.8. The van der Waals surface area contributed by atoms with Crippen molar-refractivity contribution in [2.24, 2.45) is 0 Å². The van der Waals surface area contributed by atoms with E-state index < -0.39 is 12.2 Å². The van der Waals surface area contributed by atoms with Gasteiger partial charge in [0.2, 0.25) is 5.91 Å². The fraction of sp³-hybridized carbons (Fsp3) is 0.360. The minimum Gasteiger partial charge on any atom is -1.00 e. The molecule has 1 aliphatic rings. The number of hydrogen-bond acceptors (Lipinski definition) is 9. The van der Waals surface area contributed by atoms with Gasteiger partial charge in [0.1, 0.15) is 11.5 Å².